The quantitative estimate of drug-likeness (QED) is 0.838. The standard InChI is InChI=1S/C16H23FN2O3/c1-22-8-7-19-6-2-3-12(11-19)10-18-16(21)14-5-4-13(20)9-15(14)17/h4-5,9,12,20H,2-3,6-8,10-11H2,1H3,(H,18,21)/t12-/m0/s1. The van der Waals surface area contributed by atoms with Gasteiger partial charge in [-0.25, -0.2) is 4.39 Å². The summed E-state index contributed by atoms with van der Waals surface area (Å²) in [6, 6.07) is 3.55. The second kappa shape index (κ2) is 8.10. The third-order valence-electron chi connectivity index (χ3n) is 3.96. The molecule has 2 N–H and O–H groups in total. The van der Waals surface area contributed by atoms with Crippen LogP contribution in [0.5, 0.6) is 5.75 Å². The third-order valence-corrected chi connectivity index (χ3v) is 3.96. The molecule has 1 aromatic rings. The van der Waals surface area contributed by atoms with Crippen molar-refractivity contribution in [3.63, 3.8) is 0 Å². The number of phenols is 1. The maximum Gasteiger partial charge on any atom is 0.254 e. The normalized spacial score (nSPS) is 19.1. The van der Waals surface area contributed by atoms with Crippen molar-refractivity contribution < 1.29 is 19.0 Å². The lowest BCUT2D eigenvalue weighted by molar-refractivity contribution is 0.0909. The number of hydrogen-bond donors (Lipinski definition) is 2. The van der Waals surface area contributed by atoms with E-state index in [0.29, 0.717) is 19.1 Å². The minimum Gasteiger partial charge on any atom is -0.508 e. The van der Waals surface area contributed by atoms with Crippen molar-refractivity contribution in [2.24, 2.45) is 5.92 Å². The first-order chi connectivity index (χ1) is 10.6. The highest BCUT2D eigenvalue weighted by Crippen LogP contribution is 2.17. The number of hydrogen-bond acceptors (Lipinski definition) is 4. The van der Waals surface area contributed by atoms with Gasteiger partial charge in [-0.1, -0.05) is 0 Å². The van der Waals surface area contributed by atoms with Crippen LogP contribution in [0.3, 0.4) is 0 Å². The van der Waals surface area contributed by atoms with Crippen molar-refractivity contribution in [3.05, 3.63) is 29.6 Å². The summed E-state index contributed by atoms with van der Waals surface area (Å²) in [7, 11) is 1.69. The first kappa shape index (κ1) is 16.7. The van der Waals surface area contributed by atoms with Gasteiger partial charge in [-0.15, -0.1) is 0 Å². The third kappa shape index (κ3) is 4.68. The first-order valence-corrected chi connectivity index (χ1v) is 7.58. The molecule has 122 valence electrons. The zero-order chi connectivity index (χ0) is 15.9. The number of benzene rings is 1. The molecule has 22 heavy (non-hydrogen) atoms. The molecule has 1 fully saturated rings. The Morgan fingerprint density at radius 2 is 2.36 bits per heavy atom. The van der Waals surface area contributed by atoms with Crippen molar-refractivity contribution in [1.29, 1.82) is 0 Å². The molecule has 1 amide bonds. The number of piperidine rings is 1. The molecule has 1 aliphatic heterocycles. The van der Waals surface area contributed by atoms with Crippen molar-refractivity contribution >= 4 is 5.91 Å². The van der Waals surface area contributed by atoms with E-state index < -0.39 is 11.7 Å². The van der Waals surface area contributed by atoms with E-state index in [2.05, 4.69) is 10.2 Å². The fraction of sp³-hybridized carbons (Fsp3) is 0.562. The van der Waals surface area contributed by atoms with E-state index in [9.17, 15) is 9.18 Å². The summed E-state index contributed by atoms with van der Waals surface area (Å²) in [6.45, 7) is 4.11. The van der Waals surface area contributed by atoms with Crippen LogP contribution in [0.15, 0.2) is 18.2 Å². The first-order valence-electron chi connectivity index (χ1n) is 7.58. The summed E-state index contributed by atoms with van der Waals surface area (Å²) in [5, 5.41) is 12.0. The average Bonchev–Trinajstić information content (AvgIpc) is 2.51. The predicted molar refractivity (Wildman–Crippen MR) is 81.4 cm³/mol. The van der Waals surface area contributed by atoms with Crippen molar-refractivity contribution in [1.82, 2.24) is 10.2 Å². The van der Waals surface area contributed by atoms with Gasteiger partial charge in [-0.05, 0) is 37.4 Å². The number of aromatic hydroxyl groups is 1. The molecule has 0 aromatic heterocycles. The maximum atomic E-state index is 13.6. The van der Waals surface area contributed by atoms with Gasteiger partial charge in [0.2, 0.25) is 0 Å². The Morgan fingerprint density at radius 3 is 3.09 bits per heavy atom. The van der Waals surface area contributed by atoms with E-state index in [1.54, 1.807) is 7.11 Å². The average molecular weight is 310 g/mol. The lowest BCUT2D eigenvalue weighted by Gasteiger charge is -2.32. The topological polar surface area (TPSA) is 61.8 Å². The van der Waals surface area contributed by atoms with E-state index in [0.717, 1.165) is 38.5 Å². The van der Waals surface area contributed by atoms with Gasteiger partial charge in [0, 0.05) is 32.8 Å². The molecule has 0 bridgehead atoms. The molecule has 0 saturated carbocycles. The number of halogens is 1. The Hall–Kier alpha value is -1.66. The molecule has 1 saturated heterocycles. The highest BCUT2D eigenvalue weighted by atomic mass is 19.1. The number of nitrogens with zero attached hydrogens (tertiary/aromatic N) is 1. The molecule has 1 heterocycles. The summed E-state index contributed by atoms with van der Waals surface area (Å²) in [4.78, 5) is 14.3. The highest BCUT2D eigenvalue weighted by molar-refractivity contribution is 5.94. The summed E-state index contributed by atoms with van der Waals surface area (Å²) in [5.74, 6) is -0.959. The number of methoxy groups -OCH3 is 1. The molecule has 0 radical (unpaired) electrons. The van der Waals surface area contributed by atoms with Crippen molar-refractivity contribution in [2.45, 2.75) is 12.8 Å². The van der Waals surface area contributed by atoms with Crippen LogP contribution in [0.2, 0.25) is 0 Å². The number of rotatable bonds is 6. The number of likely N-dealkylation sites (tertiary alicyclic amines) is 1. The highest BCUT2D eigenvalue weighted by Gasteiger charge is 2.21. The number of amides is 1. The van der Waals surface area contributed by atoms with Crippen LogP contribution in [0.4, 0.5) is 4.39 Å². The van der Waals surface area contributed by atoms with Crippen molar-refractivity contribution in [2.75, 3.05) is 39.9 Å². The Labute approximate surface area is 130 Å². The van der Waals surface area contributed by atoms with Gasteiger partial charge >= 0.3 is 0 Å². The molecule has 6 heteroatoms. The van der Waals surface area contributed by atoms with Crippen molar-refractivity contribution in [3.8, 4) is 5.75 Å². The van der Waals surface area contributed by atoms with Gasteiger partial charge in [-0.3, -0.25) is 4.79 Å². The largest absolute Gasteiger partial charge is 0.508 e. The van der Waals surface area contributed by atoms with Gasteiger partial charge in [0.25, 0.3) is 5.91 Å². The Balaban J connectivity index is 1.82. The number of carbonyl (C=O) groups is 1. The molecule has 0 aliphatic carbocycles. The van der Waals surface area contributed by atoms with E-state index in [1.807, 2.05) is 0 Å². The number of phenolic OH excluding ortho intramolecular Hbond substituents is 1. The summed E-state index contributed by atoms with van der Waals surface area (Å²) >= 11 is 0. The number of carbonyl (C=O) groups excluding carboxylic acids is 1. The lowest BCUT2D eigenvalue weighted by atomic mass is 9.98. The SMILES string of the molecule is COCCN1CCC[C@@H](CNC(=O)c2ccc(O)cc2F)C1. The van der Waals surface area contributed by atoms with Crippen LogP contribution in [-0.2, 0) is 4.74 Å². The summed E-state index contributed by atoms with van der Waals surface area (Å²) in [5.41, 5.74) is -0.0372. The van der Waals surface area contributed by atoms with Crippen LogP contribution in [0.1, 0.15) is 23.2 Å². The monoisotopic (exact) mass is 310 g/mol. The maximum absolute atomic E-state index is 13.6. The van der Waals surface area contributed by atoms with Crippen LogP contribution < -0.4 is 5.32 Å². The van der Waals surface area contributed by atoms with Crippen LogP contribution in [0.25, 0.3) is 0 Å². The number of nitrogens with one attached hydrogen (secondary N) is 1. The summed E-state index contributed by atoms with van der Waals surface area (Å²) < 4.78 is 18.7. The fourth-order valence-electron chi connectivity index (χ4n) is 2.76. The van der Waals surface area contributed by atoms with E-state index in [4.69, 9.17) is 9.84 Å². The lowest BCUT2D eigenvalue weighted by Crippen LogP contribution is -2.42. The van der Waals surface area contributed by atoms with E-state index >= 15 is 0 Å². The minimum atomic E-state index is -0.706. The fourth-order valence-corrected chi connectivity index (χ4v) is 2.76. The van der Waals surface area contributed by atoms with Crippen LogP contribution in [0, 0.1) is 11.7 Å². The van der Waals surface area contributed by atoms with E-state index in [1.165, 1.54) is 12.1 Å². The zero-order valence-electron chi connectivity index (χ0n) is 12.8. The minimum absolute atomic E-state index is 0.0372. The molecule has 1 aliphatic rings. The van der Waals surface area contributed by atoms with Crippen LogP contribution >= 0.6 is 0 Å². The van der Waals surface area contributed by atoms with Crippen LogP contribution in [-0.4, -0.2) is 55.8 Å². The summed E-state index contributed by atoms with van der Waals surface area (Å²) in [6.07, 6.45) is 2.15. The zero-order valence-corrected chi connectivity index (χ0v) is 12.8. The molecule has 2 rings (SSSR count). The smallest absolute Gasteiger partial charge is 0.254 e. The molecule has 1 aromatic carbocycles. The molecule has 0 unspecified atom stereocenters. The molecular weight excluding hydrogens is 287 g/mol. The second-order valence-corrected chi connectivity index (χ2v) is 5.68. The van der Waals surface area contributed by atoms with Gasteiger partial charge in [0.15, 0.2) is 0 Å². The van der Waals surface area contributed by atoms with E-state index in [-0.39, 0.29) is 11.3 Å². The molecule has 1 atom stereocenters. The van der Waals surface area contributed by atoms with Gasteiger partial charge in [-0.2, -0.15) is 0 Å². The Morgan fingerprint density at radius 1 is 1.55 bits per heavy atom. The van der Waals surface area contributed by atoms with Gasteiger partial charge in [0.05, 0.1) is 12.2 Å². The van der Waals surface area contributed by atoms with Gasteiger partial charge < -0.3 is 20.1 Å². The Bertz CT molecular complexity index is 510. The molecular formula is C16H23FN2O3. The number of ether oxygens (including phenoxy) is 1. The second-order valence-electron chi connectivity index (χ2n) is 5.68. The Kier molecular flexibility index (Phi) is 6.15. The van der Waals surface area contributed by atoms with Gasteiger partial charge in [0.1, 0.15) is 11.6 Å². The molecule has 0 spiro atoms. The predicted octanol–water partition coefficient (Wildman–Crippen LogP) is 1.62. The molecule has 5 nitrogen and oxygen atoms in total.